The molecular weight excluding hydrogens is 310 g/mol. The van der Waals surface area contributed by atoms with Crippen LogP contribution in [0.3, 0.4) is 0 Å². The van der Waals surface area contributed by atoms with Crippen molar-refractivity contribution in [1.82, 2.24) is 9.88 Å². The Balaban J connectivity index is 1.74. The van der Waals surface area contributed by atoms with Crippen molar-refractivity contribution in [2.45, 2.75) is 6.42 Å². The van der Waals surface area contributed by atoms with E-state index in [2.05, 4.69) is 4.98 Å². The lowest BCUT2D eigenvalue weighted by molar-refractivity contribution is 0.0773. The number of carbonyl (C=O) groups is 1. The highest BCUT2D eigenvalue weighted by Gasteiger charge is 2.14. The fourth-order valence-corrected chi connectivity index (χ4v) is 2.81. The van der Waals surface area contributed by atoms with Gasteiger partial charge in [-0.2, -0.15) is 0 Å². The molecule has 1 amide bonds. The molecule has 25 heavy (non-hydrogen) atoms. The topological polar surface area (TPSA) is 62.1 Å². The normalized spacial score (nSPS) is 11.2. The molecule has 4 heteroatoms. The minimum atomic E-state index is 0.0364. The van der Waals surface area contributed by atoms with Crippen LogP contribution in [0.4, 0.5) is 0 Å². The van der Waals surface area contributed by atoms with Crippen LogP contribution in [0.25, 0.3) is 17.0 Å². The third kappa shape index (κ3) is 4.37. The second-order valence-electron chi connectivity index (χ2n) is 5.99. The number of fused-ring (bicyclic) bond motifs is 1. The number of rotatable bonds is 7. The molecule has 0 radical (unpaired) electrons. The summed E-state index contributed by atoms with van der Waals surface area (Å²) >= 11 is 0. The maximum atomic E-state index is 12.9. The molecule has 128 valence electrons. The van der Waals surface area contributed by atoms with Gasteiger partial charge in [0.25, 0.3) is 5.91 Å². The molecule has 0 fully saturated rings. The predicted molar refractivity (Wildman–Crippen MR) is 103 cm³/mol. The van der Waals surface area contributed by atoms with Gasteiger partial charge in [-0.3, -0.25) is 4.79 Å². The number of nitrogens with zero attached hydrogens (tertiary/aromatic N) is 1. The Bertz CT molecular complexity index is 852. The molecule has 0 saturated carbocycles. The first kappa shape index (κ1) is 17.0. The minimum Gasteiger partial charge on any atom is -0.361 e. The van der Waals surface area contributed by atoms with E-state index in [1.165, 1.54) is 0 Å². The van der Waals surface area contributed by atoms with E-state index in [0.717, 1.165) is 22.9 Å². The van der Waals surface area contributed by atoms with Gasteiger partial charge in [0.2, 0.25) is 0 Å². The molecule has 0 atom stereocenters. The largest absolute Gasteiger partial charge is 0.361 e. The number of nitrogens with two attached hydrogens (primary N) is 1. The van der Waals surface area contributed by atoms with Crippen LogP contribution in [0, 0.1) is 0 Å². The van der Waals surface area contributed by atoms with Crippen LogP contribution in [0.2, 0.25) is 0 Å². The number of hydrogen-bond donors (Lipinski definition) is 2. The van der Waals surface area contributed by atoms with Crippen molar-refractivity contribution in [3.05, 3.63) is 78.0 Å². The zero-order valence-electron chi connectivity index (χ0n) is 14.2. The first-order valence-electron chi connectivity index (χ1n) is 8.56. The summed E-state index contributed by atoms with van der Waals surface area (Å²) in [5, 5.41) is 1.05. The molecule has 0 saturated heterocycles. The van der Waals surface area contributed by atoms with E-state index in [4.69, 9.17) is 5.73 Å². The van der Waals surface area contributed by atoms with E-state index < -0.39 is 0 Å². The third-order valence-corrected chi connectivity index (χ3v) is 4.16. The molecule has 0 aliphatic rings. The second-order valence-corrected chi connectivity index (χ2v) is 5.99. The molecule has 1 aromatic heterocycles. The Hall–Kier alpha value is -2.85. The molecule has 4 nitrogen and oxygen atoms in total. The summed E-state index contributed by atoms with van der Waals surface area (Å²) in [4.78, 5) is 17.9. The third-order valence-electron chi connectivity index (χ3n) is 4.16. The van der Waals surface area contributed by atoms with Crippen molar-refractivity contribution in [3.8, 4) is 0 Å². The Morgan fingerprint density at radius 1 is 1.12 bits per heavy atom. The molecular formula is C21H23N3O. The zero-order valence-corrected chi connectivity index (χ0v) is 14.2. The van der Waals surface area contributed by atoms with Gasteiger partial charge in [0, 0.05) is 35.8 Å². The smallest absolute Gasteiger partial charge is 0.254 e. The van der Waals surface area contributed by atoms with E-state index in [9.17, 15) is 4.79 Å². The number of benzene rings is 2. The molecule has 0 spiro atoms. The van der Waals surface area contributed by atoms with Gasteiger partial charge >= 0.3 is 0 Å². The average Bonchev–Trinajstić information content (AvgIpc) is 3.12. The van der Waals surface area contributed by atoms with Gasteiger partial charge in [-0.25, -0.2) is 0 Å². The Morgan fingerprint density at radius 3 is 2.76 bits per heavy atom. The molecule has 3 N–H and O–H groups in total. The number of carbonyl (C=O) groups excluding carboxylic acids is 1. The van der Waals surface area contributed by atoms with Crippen LogP contribution in [0.5, 0.6) is 0 Å². The highest BCUT2D eigenvalue weighted by molar-refractivity contribution is 5.98. The van der Waals surface area contributed by atoms with E-state index in [1.807, 2.05) is 77.8 Å². The van der Waals surface area contributed by atoms with Crippen LogP contribution >= 0.6 is 0 Å². The van der Waals surface area contributed by atoms with Gasteiger partial charge in [-0.1, -0.05) is 42.5 Å². The maximum absolute atomic E-state index is 12.9. The van der Waals surface area contributed by atoms with Gasteiger partial charge in [0.1, 0.15) is 0 Å². The lowest BCUT2D eigenvalue weighted by Gasteiger charge is -2.21. The summed E-state index contributed by atoms with van der Waals surface area (Å²) in [6, 6.07) is 17.8. The average molecular weight is 333 g/mol. The first-order chi connectivity index (χ1) is 12.3. The van der Waals surface area contributed by atoms with Gasteiger partial charge in [-0.15, -0.1) is 0 Å². The molecule has 0 aliphatic heterocycles. The predicted octanol–water partition coefficient (Wildman–Crippen LogP) is 3.67. The number of aromatic nitrogens is 1. The standard InChI is InChI=1S/C21H23N3O/c22-12-5-15-24(14-4-8-17-6-2-1-3-7-17)21(25)19-9-10-20-18(16-19)11-13-23-20/h1-4,6-11,13,16,23H,5,12,14-15,22H2/b8-4+. The van der Waals surface area contributed by atoms with Crippen LogP contribution in [-0.2, 0) is 0 Å². The van der Waals surface area contributed by atoms with Gasteiger partial charge in [-0.05, 0) is 42.8 Å². The number of amides is 1. The summed E-state index contributed by atoms with van der Waals surface area (Å²) in [7, 11) is 0. The highest BCUT2D eigenvalue weighted by Crippen LogP contribution is 2.16. The van der Waals surface area contributed by atoms with Crippen LogP contribution in [-0.4, -0.2) is 35.4 Å². The van der Waals surface area contributed by atoms with Gasteiger partial charge < -0.3 is 15.6 Å². The molecule has 0 aliphatic carbocycles. The van der Waals surface area contributed by atoms with Crippen molar-refractivity contribution in [1.29, 1.82) is 0 Å². The first-order valence-corrected chi connectivity index (χ1v) is 8.56. The SMILES string of the molecule is NCCCN(C/C=C/c1ccccc1)C(=O)c1ccc2[nH]ccc2c1. The quantitative estimate of drug-likeness (QED) is 0.693. The Labute approximate surface area is 148 Å². The zero-order chi connectivity index (χ0) is 17.5. The Kier molecular flexibility index (Phi) is 5.65. The Morgan fingerprint density at radius 2 is 1.96 bits per heavy atom. The van der Waals surface area contributed by atoms with E-state index >= 15 is 0 Å². The number of hydrogen-bond acceptors (Lipinski definition) is 2. The van der Waals surface area contributed by atoms with Crippen molar-refractivity contribution in [2.75, 3.05) is 19.6 Å². The van der Waals surface area contributed by atoms with Crippen molar-refractivity contribution in [2.24, 2.45) is 5.73 Å². The summed E-state index contributed by atoms with van der Waals surface area (Å²) in [5.74, 6) is 0.0364. The minimum absolute atomic E-state index is 0.0364. The summed E-state index contributed by atoms with van der Waals surface area (Å²) in [6.07, 6.45) is 6.74. The van der Waals surface area contributed by atoms with Crippen LogP contribution < -0.4 is 5.73 Å². The fourth-order valence-electron chi connectivity index (χ4n) is 2.81. The summed E-state index contributed by atoms with van der Waals surface area (Å²) in [6.45, 7) is 1.79. The van der Waals surface area contributed by atoms with E-state index in [1.54, 1.807) is 0 Å². The van der Waals surface area contributed by atoms with Crippen LogP contribution in [0.15, 0.2) is 66.9 Å². The molecule has 0 bridgehead atoms. The van der Waals surface area contributed by atoms with Crippen molar-refractivity contribution >= 4 is 22.9 Å². The molecule has 3 rings (SSSR count). The maximum Gasteiger partial charge on any atom is 0.254 e. The number of aromatic amines is 1. The van der Waals surface area contributed by atoms with E-state index in [-0.39, 0.29) is 5.91 Å². The van der Waals surface area contributed by atoms with Gasteiger partial charge in [0.05, 0.1) is 0 Å². The van der Waals surface area contributed by atoms with Crippen molar-refractivity contribution in [3.63, 3.8) is 0 Å². The van der Waals surface area contributed by atoms with Gasteiger partial charge in [0.15, 0.2) is 0 Å². The molecule has 3 aromatic rings. The second kappa shape index (κ2) is 8.31. The number of H-pyrrole nitrogens is 1. The summed E-state index contributed by atoms with van der Waals surface area (Å²) in [5.41, 5.74) is 8.50. The molecule has 0 unspecified atom stereocenters. The molecule has 1 heterocycles. The number of nitrogens with one attached hydrogen (secondary N) is 1. The highest BCUT2D eigenvalue weighted by atomic mass is 16.2. The lowest BCUT2D eigenvalue weighted by Crippen LogP contribution is -2.33. The van der Waals surface area contributed by atoms with E-state index in [0.29, 0.717) is 25.2 Å². The lowest BCUT2D eigenvalue weighted by atomic mass is 10.1. The molecule has 2 aromatic carbocycles. The van der Waals surface area contributed by atoms with Crippen LogP contribution in [0.1, 0.15) is 22.3 Å². The summed E-state index contributed by atoms with van der Waals surface area (Å²) < 4.78 is 0. The van der Waals surface area contributed by atoms with Crippen molar-refractivity contribution < 1.29 is 4.79 Å². The monoisotopic (exact) mass is 333 g/mol. The fraction of sp³-hybridized carbons (Fsp3) is 0.190.